The van der Waals surface area contributed by atoms with Gasteiger partial charge in [-0.05, 0) is 18.2 Å². The van der Waals surface area contributed by atoms with E-state index in [1.165, 1.54) is 11.2 Å². The summed E-state index contributed by atoms with van der Waals surface area (Å²) in [6, 6.07) is 10.7. The first-order valence-corrected chi connectivity index (χ1v) is 6.31. The third-order valence-electron chi connectivity index (χ3n) is 2.94. The third-order valence-corrected chi connectivity index (χ3v) is 2.94. The predicted octanol–water partition coefficient (Wildman–Crippen LogP) is 1.92. The number of aliphatic hydroxyl groups is 1. The van der Waals surface area contributed by atoms with Gasteiger partial charge in [-0.2, -0.15) is 0 Å². The van der Waals surface area contributed by atoms with Crippen molar-refractivity contribution in [3.63, 3.8) is 0 Å². The molecule has 0 unspecified atom stereocenters. The Hall–Kier alpha value is -2.27. The maximum atomic E-state index is 12.3. The molecule has 0 aliphatic rings. The maximum absolute atomic E-state index is 12.3. The van der Waals surface area contributed by atoms with E-state index in [0.29, 0.717) is 12.3 Å². The van der Waals surface area contributed by atoms with Gasteiger partial charge in [-0.1, -0.05) is 18.2 Å². The summed E-state index contributed by atoms with van der Waals surface area (Å²) in [6.07, 6.45) is 1.45. The quantitative estimate of drug-likeness (QED) is 0.875. The number of amides is 1. The first kappa shape index (κ1) is 14.1. The highest BCUT2D eigenvalue weighted by Crippen LogP contribution is 2.20. The number of para-hydroxylation sites is 1. The Balaban J connectivity index is 2.19. The van der Waals surface area contributed by atoms with E-state index >= 15 is 0 Å². The van der Waals surface area contributed by atoms with Crippen molar-refractivity contribution in [1.82, 2.24) is 4.90 Å². The van der Waals surface area contributed by atoms with Gasteiger partial charge in [-0.15, -0.1) is 0 Å². The zero-order valence-electron chi connectivity index (χ0n) is 11.3. The lowest BCUT2D eigenvalue weighted by atomic mass is 10.2. The van der Waals surface area contributed by atoms with E-state index in [9.17, 15) is 4.79 Å². The largest absolute Gasteiger partial charge is 0.496 e. The van der Waals surface area contributed by atoms with E-state index < -0.39 is 0 Å². The molecule has 2 aromatic rings. The monoisotopic (exact) mass is 275 g/mol. The topological polar surface area (TPSA) is 62.9 Å². The van der Waals surface area contributed by atoms with Crippen LogP contribution >= 0.6 is 0 Å². The van der Waals surface area contributed by atoms with Crippen LogP contribution in [0.15, 0.2) is 47.1 Å². The lowest BCUT2D eigenvalue weighted by Crippen LogP contribution is -2.33. The Morgan fingerprint density at radius 3 is 2.75 bits per heavy atom. The van der Waals surface area contributed by atoms with Crippen molar-refractivity contribution in [3.8, 4) is 5.75 Å². The maximum Gasteiger partial charge on any atom is 0.289 e. The number of aliphatic hydroxyl groups excluding tert-OH is 1. The van der Waals surface area contributed by atoms with Gasteiger partial charge in [0.25, 0.3) is 5.91 Å². The molecule has 5 nitrogen and oxygen atoms in total. The number of ether oxygens (including phenoxy) is 1. The summed E-state index contributed by atoms with van der Waals surface area (Å²) in [4.78, 5) is 13.8. The molecule has 20 heavy (non-hydrogen) atoms. The molecule has 0 aliphatic heterocycles. The molecule has 2 rings (SSSR count). The van der Waals surface area contributed by atoms with Crippen molar-refractivity contribution < 1.29 is 19.1 Å². The number of methoxy groups -OCH3 is 1. The average Bonchev–Trinajstić information content (AvgIpc) is 3.01. The Bertz CT molecular complexity index is 551. The molecule has 0 saturated carbocycles. The second kappa shape index (κ2) is 6.77. The molecule has 0 saturated heterocycles. The molecule has 1 heterocycles. The summed E-state index contributed by atoms with van der Waals surface area (Å²) in [6.45, 7) is 0.475. The number of carbonyl (C=O) groups excluding carboxylic acids is 1. The van der Waals surface area contributed by atoms with Gasteiger partial charge in [-0.25, -0.2) is 0 Å². The fourth-order valence-corrected chi connectivity index (χ4v) is 1.97. The van der Waals surface area contributed by atoms with Crippen LogP contribution in [0.5, 0.6) is 5.75 Å². The molecule has 0 atom stereocenters. The van der Waals surface area contributed by atoms with Crippen molar-refractivity contribution in [3.05, 3.63) is 54.0 Å². The van der Waals surface area contributed by atoms with E-state index in [1.54, 1.807) is 19.2 Å². The van der Waals surface area contributed by atoms with Crippen molar-refractivity contribution in [2.75, 3.05) is 20.3 Å². The summed E-state index contributed by atoms with van der Waals surface area (Å²) < 4.78 is 10.4. The van der Waals surface area contributed by atoms with E-state index in [1.807, 2.05) is 24.3 Å². The Morgan fingerprint density at radius 2 is 2.10 bits per heavy atom. The normalized spacial score (nSPS) is 10.3. The first-order chi connectivity index (χ1) is 9.76. The molecular formula is C15H17NO4. The van der Waals surface area contributed by atoms with E-state index in [-0.39, 0.29) is 24.8 Å². The van der Waals surface area contributed by atoms with Crippen molar-refractivity contribution >= 4 is 5.91 Å². The molecule has 1 amide bonds. The summed E-state index contributed by atoms with van der Waals surface area (Å²) in [5.41, 5.74) is 0.878. The van der Waals surface area contributed by atoms with Crippen LogP contribution in [-0.2, 0) is 6.54 Å². The van der Waals surface area contributed by atoms with E-state index in [4.69, 9.17) is 14.3 Å². The smallest absolute Gasteiger partial charge is 0.289 e. The molecule has 1 aromatic carbocycles. The Labute approximate surface area is 117 Å². The molecule has 1 aromatic heterocycles. The summed E-state index contributed by atoms with van der Waals surface area (Å²) >= 11 is 0. The van der Waals surface area contributed by atoms with Crippen LogP contribution in [-0.4, -0.2) is 36.2 Å². The Kier molecular flexibility index (Phi) is 4.79. The van der Waals surface area contributed by atoms with Gasteiger partial charge in [-0.3, -0.25) is 4.79 Å². The number of furan rings is 1. The minimum absolute atomic E-state index is 0.110. The van der Waals surface area contributed by atoms with Crippen LogP contribution in [0, 0.1) is 0 Å². The van der Waals surface area contributed by atoms with E-state index in [2.05, 4.69) is 0 Å². The van der Waals surface area contributed by atoms with Gasteiger partial charge in [0.15, 0.2) is 5.76 Å². The standard InChI is InChI=1S/C15H17NO4/c1-19-13-6-3-2-5-12(13)11-16(8-9-17)15(18)14-7-4-10-20-14/h2-7,10,17H,8-9,11H2,1H3. The number of benzene rings is 1. The number of carbonyl (C=O) groups is 1. The molecule has 106 valence electrons. The molecule has 0 aliphatic carbocycles. The van der Waals surface area contributed by atoms with Crippen molar-refractivity contribution in [2.24, 2.45) is 0 Å². The number of nitrogens with zero attached hydrogens (tertiary/aromatic N) is 1. The lowest BCUT2D eigenvalue weighted by Gasteiger charge is -2.21. The predicted molar refractivity (Wildman–Crippen MR) is 73.5 cm³/mol. The number of hydrogen-bond donors (Lipinski definition) is 1. The van der Waals surface area contributed by atoms with Gasteiger partial charge < -0.3 is 19.2 Å². The highest BCUT2D eigenvalue weighted by atomic mass is 16.5. The summed E-state index contributed by atoms with van der Waals surface area (Å²) in [7, 11) is 1.59. The van der Waals surface area contributed by atoms with Gasteiger partial charge in [0.2, 0.25) is 0 Å². The fraction of sp³-hybridized carbons (Fsp3) is 0.267. The van der Waals surface area contributed by atoms with E-state index in [0.717, 1.165) is 5.56 Å². The molecule has 5 heteroatoms. The Morgan fingerprint density at radius 1 is 1.30 bits per heavy atom. The SMILES string of the molecule is COc1ccccc1CN(CCO)C(=O)c1ccco1. The summed E-state index contributed by atoms with van der Waals surface area (Å²) in [5, 5.41) is 9.13. The third kappa shape index (κ3) is 3.19. The van der Waals surface area contributed by atoms with Gasteiger partial charge in [0.05, 0.1) is 20.0 Å². The molecule has 1 N–H and O–H groups in total. The highest BCUT2D eigenvalue weighted by Gasteiger charge is 2.19. The number of rotatable bonds is 6. The van der Waals surface area contributed by atoms with Crippen LogP contribution in [0.4, 0.5) is 0 Å². The minimum Gasteiger partial charge on any atom is -0.496 e. The van der Waals surface area contributed by atoms with Crippen LogP contribution in [0.3, 0.4) is 0 Å². The zero-order chi connectivity index (χ0) is 14.4. The molecule has 0 spiro atoms. The highest BCUT2D eigenvalue weighted by molar-refractivity contribution is 5.91. The molecule has 0 radical (unpaired) electrons. The van der Waals surface area contributed by atoms with Crippen LogP contribution < -0.4 is 4.74 Å². The first-order valence-electron chi connectivity index (χ1n) is 6.31. The van der Waals surface area contributed by atoms with Gasteiger partial charge in [0, 0.05) is 18.7 Å². The van der Waals surface area contributed by atoms with Crippen LogP contribution in [0.2, 0.25) is 0 Å². The fourth-order valence-electron chi connectivity index (χ4n) is 1.97. The molecule has 0 bridgehead atoms. The number of hydrogen-bond acceptors (Lipinski definition) is 4. The second-order valence-electron chi connectivity index (χ2n) is 4.24. The van der Waals surface area contributed by atoms with Gasteiger partial charge in [0.1, 0.15) is 5.75 Å². The van der Waals surface area contributed by atoms with Crippen LogP contribution in [0.1, 0.15) is 16.1 Å². The summed E-state index contributed by atoms with van der Waals surface area (Å²) in [5.74, 6) is 0.714. The minimum atomic E-state index is -0.255. The van der Waals surface area contributed by atoms with Crippen molar-refractivity contribution in [1.29, 1.82) is 0 Å². The average molecular weight is 275 g/mol. The zero-order valence-corrected chi connectivity index (χ0v) is 11.3. The molecule has 0 fully saturated rings. The van der Waals surface area contributed by atoms with Crippen molar-refractivity contribution in [2.45, 2.75) is 6.54 Å². The van der Waals surface area contributed by atoms with Crippen LogP contribution in [0.25, 0.3) is 0 Å². The molecular weight excluding hydrogens is 258 g/mol. The lowest BCUT2D eigenvalue weighted by molar-refractivity contribution is 0.0674. The van der Waals surface area contributed by atoms with Gasteiger partial charge >= 0.3 is 0 Å². The second-order valence-corrected chi connectivity index (χ2v) is 4.24.